The third kappa shape index (κ3) is 2.32. The highest BCUT2D eigenvalue weighted by molar-refractivity contribution is 7.87. The Morgan fingerprint density at radius 1 is 1.47 bits per heavy atom. The van der Waals surface area contributed by atoms with Crippen molar-refractivity contribution in [1.29, 1.82) is 0 Å². The number of carbonyl (C=O) groups is 1. The summed E-state index contributed by atoms with van der Waals surface area (Å²) < 4.78 is 34.3. The summed E-state index contributed by atoms with van der Waals surface area (Å²) in [4.78, 5) is 18.0. The van der Waals surface area contributed by atoms with Crippen LogP contribution in [-0.4, -0.2) is 31.1 Å². The van der Waals surface area contributed by atoms with E-state index >= 15 is 0 Å². The Morgan fingerprint density at radius 3 is 2.53 bits per heavy atom. The molecule has 2 rings (SSSR count). The predicted octanol–water partition coefficient (Wildman–Crippen LogP) is 1.16. The molecule has 1 saturated heterocycles. The van der Waals surface area contributed by atoms with Crippen LogP contribution in [0.1, 0.15) is 17.0 Å². The Labute approximate surface area is 102 Å². The lowest BCUT2D eigenvalue weighted by molar-refractivity contribution is -0.117. The van der Waals surface area contributed by atoms with Gasteiger partial charge in [-0.25, -0.2) is 4.98 Å². The van der Waals surface area contributed by atoms with Gasteiger partial charge in [0.15, 0.2) is 5.13 Å². The smallest absolute Gasteiger partial charge is 0.287 e. The molecule has 0 aromatic carbocycles. The molecule has 5 nitrogen and oxygen atoms in total. The van der Waals surface area contributed by atoms with Crippen molar-refractivity contribution in [3.05, 3.63) is 10.6 Å². The van der Waals surface area contributed by atoms with Gasteiger partial charge in [0.25, 0.3) is 0 Å². The van der Waals surface area contributed by atoms with Crippen LogP contribution in [0.3, 0.4) is 0 Å². The van der Waals surface area contributed by atoms with Gasteiger partial charge in [0, 0.05) is 17.8 Å². The van der Waals surface area contributed by atoms with Crippen molar-refractivity contribution in [2.45, 2.75) is 25.5 Å². The second kappa shape index (κ2) is 4.02. The lowest BCUT2D eigenvalue weighted by atomic mass is 10.4. The first kappa shape index (κ1) is 12.4. The van der Waals surface area contributed by atoms with Crippen LogP contribution in [-0.2, 0) is 15.0 Å². The molecule has 1 amide bonds. The van der Waals surface area contributed by atoms with Gasteiger partial charge in [-0.15, -0.1) is 15.2 Å². The molecule has 1 unspecified atom stereocenters. The van der Waals surface area contributed by atoms with Crippen LogP contribution < -0.4 is 4.90 Å². The van der Waals surface area contributed by atoms with Crippen LogP contribution in [0.5, 0.6) is 0 Å². The van der Waals surface area contributed by atoms with Crippen LogP contribution in [0.2, 0.25) is 0 Å². The van der Waals surface area contributed by atoms with Gasteiger partial charge in [-0.05, 0) is 13.8 Å². The summed E-state index contributed by atoms with van der Waals surface area (Å²) in [5.74, 6) is -0.398. The average Bonchev–Trinajstić information content (AvgIpc) is 2.71. The molecule has 2 heterocycles. The second-order valence-electron chi connectivity index (χ2n) is 3.94. The number of thiazole rings is 1. The van der Waals surface area contributed by atoms with Crippen LogP contribution in [0.4, 0.5) is 9.02 Å². The highest BCUT2D eigenvalue weighted by Crippen LogP contribution is 2.30. The maximum atomic E-state index is 12.8. The maximum Gasteiger partial charge on any atom is 0.307 e. The third-order valence-electron chi connectivity index (χ3n) is 2.74. The standard InChI is InChI=1S/C9H11FN2O3S2/c1-5-6(2)16-9(11-5)12-4-7(3-8(12)13)17(10,14)15/h7H,3-4H2,1-2H3. The van der Waals surface area contributed by atoms with Gasteiger partial charge in [0.05, 0.1) is 5.69 Å². The fourth-order valence-corrected chi connectivity index (χ4v) is 3.22. The molecule has 0 radical (unpaired) electrons. The van der Waals surface area contributed by atoms with Crippen LogP contribution in [0, 0.1) is 13.8 Å². The number of hydrogen-bond donors (Lipinski definition) is 0. The van der Waals surface area contributed by atoms with Crippen molar-refractivity contribution in [2.24, 2.45) is 0 Å². The Balaban J connectivity index is 2.27. The minimum atomic E-state index is -4.67. The molecule has 1 aromatic rings. The minimum Gasteiger partial charge on any atom is -0.287 e. The molecule has 0 saturated carbocycles. The summed E-state index contributed by atoms with van der Waals surface area (Å²) >= 11 is 1.30. The first-order valence-corrected chi connectivity index (χ1v) is 7.23. The Hall–Kier alpha value is -1.02. The minimum absolute atomic E-state index is 0.149. The number of aryl methyl sites for hydroxylation is 2. The first-order valence-electron chi connectivity index (χ1n) is 4.97. The Morgan fingerprint density at radius 2 is 2.12 bits per heavy atom. The molecule has 1 aliphatic rings. The Kier molecular flexibility index (Phi) is 2.94. The number of carbonyl (C=O) groups excluding carboxylic acids is 1. The van der Waals surface area contributed by atoms with Crippen LogP contribution >= 0.6 is 11.3 Å². The normalized spacial score (nSPS) is 21.2. The highest BCUT2D eigenvalue weighted by atomic mass is 32.3. The maximum absolute atomic E-state index is 12.8. The van der Waals surface area contributed by atoms with E-state index in [2.05, 4.69) is 4.98 Å². The molecule has 1 aliphatic heterocycles. The summed E-state index contributed by atoms with van der Waals surface area (Å²) in [6.45, 7) is 3.52. The summed E-state index contributed by atoms with van der Waals surface area (Å²) in [5.41, 5.74) is 0.796. The zero-order chi connectivity index (χ0) is 12.8. The van der Waals surface area contributed by atoms with E-state index in [1.807, 2.05) is 6.92 Å². The number of amides is 1. The number of rotatable bonds is 2. The zero-order valence-corrected chi connectivity index (χ0v) is 10.9. The van der Waals surface area contributed by atoms with Gasteiger partial charge in [-0.1, -0.05) is 0 Å². The van der Waals surface area contributed by atoms with Crippen molar-refractivity contribution in [3.63, 3.8) is 0 Å². The van der Waals surface area contributed by atoms with Crippen LogP contribution in [0.15, 0.2) is 0 Å². The van der Waals surface area contributed by atoms with Crippen molar-refractivity contribution < 1.29 is 17.1 Å². The number of nitrogens with zero attached hydrogens (tertiary/aromatic N) is 2. The van der Waals surface area contributed by atoms with Gasteiger partial charge >= 0.3 is 10.2 Å². The molecule has 94 valence electrons. The SMILES string of the molecule is Cc1nc(N2CC(S(=O)(=O)F)CC2=O)sc1C. The molecule has 1 atom stereocenters. The van der Waals surface area contributed by atoms with Crippen molar-refractivity contribution >= 4 is 32.6 Å². The number of anilines is 1. The highest BCUT2D eigenvalue weighted by Gasteiger charge is 2.40. The molecule has 0 aliphatic carbocycles. The Bertz CT molecular complexity index is 547. The fraction of sp³-hybridized carbons (Fsp3) is 0.556. The molecular formula is C9H11FN2O3S2. The second-order valence-corrected chi connectivity index (χ2v) is 6.74. The van der Waals surface area contributed by atoms with Crippen molar-refractivity contribution in [2.75, 3.05) is 11.4 Å². The summed E-state index contributed by atoms with van der Waals surface area (Å²) in [6, 6.07) is 0. The molecule has 1 fully saturated rings. The monoisotopic (exact) mass is 278 g/mol. The molecule has 17 heavy (non-hydrogen) atoms. The van der Waals surface area contributed by atoms with Gasteiger partial charge in [-0.3, -0.25) is 9.69 Å². The third-order valence-corrected chi connectivity index (χ3v) is 4.94. The summed E-state index contributed by atoms with van der Waals surface area (Å²) in [6.07, 6.45) is -0.309. The van der Waals surface area contributed by atoms with Gasteiger partial charge in [0.1, 0.15) is 5.25 Å². The first-order chi connectivity index (χ1) is 7.79. The van der Waals surface area contributed by atoms with Gasteiger partial charge < -0.3 is 0 Å². The van der Waals surface area contributed by atoms with Gasteiger partial charge in [-0.2, -0.15) is 8.42 Å². The van der Waals surface area contributed by atoms with Crippen LogP contribution in [0.25, 0.3) is 0 Å². The van der Waals surface area contributed by atoms with Gasteiger partial charge in [0.2, 0.25) is 5.91 Å². The molecule has 0 N–H and O–H groups in total. The summed E-state index contributed by atoms with van der Waals surface area (Å²) in [5, 5.41) is -0.823. The van der Waals surface area contributed by atoms with E-state index in [-0.39, 0.29) is 13.0 Å². The van der Waals surface area contributed by atoms with E-state index in [0.717, 1.165) is 10.6 Å². The van der Waals surface area contributed by atoms with E-state index in [9.17, 15) is 17.1 Å². The molecule has 0 bridgehead atoms. The lowest BCUT2D eigenvalue weighted by Gasteiger charge is -2.11. The molecule has 8 heteroatoms. The van der Waals surface area contributed by atoms with E-state index in [1.54, 1.807) is 6.92 Å². The quantitative estimate of drug-likeness (QED) is 0.761. The summed E-state index contributed by atoms with van der Waals surface area (Å²) in [7, 11) is -4.67. The molecular weight excluding hydrogens is 267 g/mol. The molecule has 0 spiro atoms. The van der Waals surface area contributed by atoms with E-state index in [1.165, 1.54) is 16.2 Å². The number of aromatic nitrogens is 1. The number of halogens is 1. The fourth-order valence-electron chi connectivity index (χ4n) is 1.62. The van der Waals surface area contributed by atoms with Crippen molar-refractivity contribution in [1.82, 2.24) is 4.98 Å². The number of hydrogen-bond acceptors (Lipinski definition) is 5. The predicted molar refractivity (Wildman–Crippen MR) is 62.4 cm³/mol. The van der Waals surface area contributed by atoms with E-state index in [4.69, 9.17) is 0 Å². The molecule has 1 aromatic heterocycles. The largest absolute Gasteiger partial charge is 0.307 e. The van der Waals surface area contributed by atoms with E-state index < -0.39 is 21.4 Å². The van der Waals surface area contributed by atoms with Crippen molar-refractivity contribution in [3.8, 4) is 0 Å². The van der Waals surface area contributed by atoms with E-state index in [0.29, 0.717) is 5.13 Å². The topological polar surface area (TPSA) is 67.3 Å². The zero-order valence-electron chi connectivity index (χ0n) is 9.31. The lowest BCUT2D eigenvalue weighted by Crippen LogP contribution is -2.26. The average molecular weight is 278 g/mol.